The van der Waals surface area contributed by atoms with E-state index in [1.54, 1.807) is 0 Å². The van der Waals surface area contributed by atoms with Crippen LogP contribution in [0.2, 0.25) is 0 Å². The fraction of sp³-hybridized carbons (Fsp3) is 0.524. The number of rotatable bonds is 8. The number of hydrogen-bond acceptors (Lipinski definition) is 4. The summed E-state index contributed by atoms with van der Waals surface area (Å²) in [5.41, 5.74) is 6.68. The predicted molar refractivity (Wildman–Crippen MR) is 106 cm³/mol. The van der Waals surface area contributed by atoms with Gasteiger partial charge in [0, 0.05) is 43.9 Å². The van der Waals surface area contributed by atoms with Crippen LogP contribution < -0.4 is 11.1 Å². The molecule has 27 heavy (non-hydrogen) atoms. The van der Waals surface area contributed by atoms with Crippen molar-refractivity contribution in [1.82, 2.24) is 10.2 Å². The molecule has 2 heterocycles. The summed E-state index contributed by atoms with van der Waals surface area (Å²) in [6, 6.07) is 7.89. The van der Waals surface area contributed by atoms with Gasteiger partial charge in [0.15, 0.2) is 0 Å². The Balaban J connectivity index is 1.65. The third-order valence-corrected chi connectivity index (χ3v) is 5.25. The molecule has 1 aliphatic rings. The predicted octanol–water partition coefficient (Wildman–Crippen LogP) is 2.85. The van der Waals surface area contributed by atoms with Gasteiger partial charge in [-0.1, -0.05) is 31.5 Å². The second-order valence-electron chi connectivity index (χ2n) is 7.31. The van der Waals surface area contributed by atoms with E-state index < -0.39 is 0 Å². The topological polar surface area (TPSA) is 88.6 Å². The van der Waals surface area contributed by atoms with E-state index in [1.807, 2.05) is 24.3 Å². The number of primary amides is 1. The number of nitrogens with one attached hydrogen (secondary N) is 1. The van der Waals surface area contributed by atoms with Crippen LogP contribution in [0, 0.1) is 0 Å². The lowest BCUT2D eigenvalue weighted by molar-refractivity contribution is -0.118. The first-order valence-corrected chi connectivity index (χ1v) is 9.90. The van der Waals surface area contributed by atoms with Crippen LogP contribution in [0.3, 0.4) is 0 Å². The maximum Gasteiger partial charge on any atom is 0.255 e. The number of hydrogen-bond donors (Lipinski definition) is 2. The summed E-state index contributed by atoms with van der Waals surface area (Å²) >= 11 is 0. The normalized spacial score (nSPS) is 15.9. The first-order chi connectivity index (χ1) is 13.1. The smallest absolute Gasteiger partial charge is 0.255 e. The number of carbonyl (C=O) groups excluding carboxylic acids is 2. The van der Waals surface area contributed by atoms with E-state index in [0.29, 0.717) is 18.5 Å². The zero-order valence-electron chi connectivity index (χ0n) is 16.0. The van der Waals surface area contributed by atoms with Crippen molar-refractivity contribution >= 4 is 22.8 Å². The third-order valence-electron chi connectivity index (χ3n) is 5.25. The Morgan fingerprint density at radius 1 is 1.26 bits per heavy atom. The van der Waals surface area contributed by atoms with E-state index in [2.05, 4.69) is 17.1 Å². The van der Waals surface area contributed by atoms with E-state index >= 15 is 0 Å². The number of fused-ring (bicyclic) bond motifs is 1. The second-order valence-corrected chi connectivity index (χ2v) is 7.31. The van der Waals surface area contributed by atoms with Gasteiger partial charge in [-0.2, -0.15) is 0 Å². The minimum Gasteiger partial charge on any atom is -0.460 e. The Morgan fingerprint density at radius 2 is 2.00 bits per heavy atom. The van der Waals surface area contributed by atoms with E-state index in [4.69, 9.17) is 10.2 Å². The summed E-state index contributed by atoms with van der Waals surface area (Å²) < 4.78 is 5.97. The maximum absolute atomic E-state index is 13.0. The van der Waals surface area contributed by atoms with E-state index in [1.165, 1.54) is 0 Å². The van der Waals surface area contributed by atoms with Gasteiger partial charge in [0.05, 0.1) is 5.56 Å². The Bertz CT molecular complexity index is 791. The molecular formula is C21H29N3O3. The average Bonchev–Trinajstić information content (AvgIpc) is 3.04. The number of unbranched alkanes of at least 4 members (excludes halogenated alkanes) is 1. The van der Waals surface area contributed by atoms with Crippen molar-refractivity contribution in [3.63, 3.8) is 0 Å². The highest BCUT2D eigenvalue weighted by atomic mass is 16.3. The zero-order chi connectivity index (χ0) is 19.2. The number of carbonyl (C=O) groups is 2. The van der Waals surface area contributed by atoms with Gasteiger partial charge in [-0.3, -0.25) is 9.59 Å². The molecule has 6 heteroatoms. The van der Waals surface area contributed by atoms with Crippen molar-refractivity contribution < 1.29 is 14.0 Å². The lowest BCUT2D eigenvalue weighted by Crippen LogP contribution is -2.45. The number of likely N-dealkylation sites (tertiary alicyclic amines) is 1. The molecule has 1 fully saturated rings. The lowest BCUT2D eigenvalue weighted by Gasteiger charge is -2.32. The molecule has 0 bridgehead atoms. The molecule has 0 radical (unpaired) electrons. The minimum absolute atomic E-state index is 0.0401. The monoisotopic (exact) mass is 371 g/mol. The molecule has 0 spiro atoms. The molecule has 0 unspecified atom stereocenters. The zero-order valence-corrected chi connectivity index (χ0v) is 16.0. The number of benzene rings is 1. The molecule has 6 nitrogen and oxygen atoms in total. The first kappa shape index (κ1) is 19.4. The van der Waals surface area contributed by atoms with Crippen molar-refractivity contribution in [1.29, 1.82) is 0 Å². The highest BCUT2D eigenvalue weighted by Gasteiger charge is 2.25. The summed E-state index contributed by atoms with van der Waals surface area (Å²) in [4.78, 5) is 26.2. The number of piperidine rings is 1. The largest absolute Gasteiger partial charge is 0.460 e. The standard InChI is InChI=1S/C21H29N3O3/c1-2-3-7-18-20(16-6-4-5-8-17(16)27-18)21(26)23-15-9-12-24(13-10-15)14-11-19(22)25/h4-6,8,15H,2-3,7,9-14H2,1H3,(H2,22,25)(H,23,26). The quantitative estimate of drug-likeness (QED) is 0.747. The van der Waals surface area contributed by atoms with Gasteiger partial charge in [0.1, 0.15) is 11.3 Å². The summed E-state index contributed by atoms with van der Waals surface area (Å²) in [5.74, 6) is 0.480. The summed E-state index contributed by atoms with van der Waals surface area (Å²) in [6.07, 6.45) is 4.98. The van der Waals surface area contributed by atoms with Crippen molar-refractivity contribution in [2.45, 2.75) is 51.5 Å². The molecule has 3 N–H and O–H groups in total. The summed E-state index contributed by atoms with van der Waals surface area (Å²) in [7, 11) is 0. The van der Waals surface area contributed by atoms with Gasteiger partial charge in [-0.15, -0.1) is 0 Å². The second kappa shape index (κ2) is 9.04. The fourth-order valence-corrected chi connectivity index (χ4v) is 3.69. The number of nitrogens with zero attached hydrogens (tertiary/aromatic N) is 1. The Hall–Kier alpha value is -2.34. The average molecular weight is 371 g/mol. The maximum atomic E-state index is 13.0. The van der Waals surface area contributed by atoms with Crippen LogP contribution in [0.4, 0.5) is 0 Å². The van der Waals surface area contributed by atoms with Crippen LogP contribution in [0.5, 0.6) is 0 Å². The first-order valence-electron chi connectivity index (χ1n) is 9.90. The van der Waals surface area contributed by atoms with Crippen LogP contribution >= 0.6 is 0 Å². The Kier molecular flexibility index (Phi) is 6.50. The van der Waals surface area contributed by atoms with Gasteiger partial charge in [-0.05, 0) is 25.3 Å². The highest BCUT2D eigenvalue weighted by Crippen LogP contribution is 2.27. The van der Waals surface area contributed by atoms with Crippen molar-refractivity contribution in [2.75, 3.05) is 19.6 Å². The Morgan fingerprint density at radius 3 is 2.70 bits per heavy atom. The van der Waals surface area contributed by atoms with Crippen molar-refractivity contribution in [3.05, 3.63) is 35.6 Å². The summed E-state index contributed by atoms with van der Waals surface area (Å²) in [6.45, 7) is 4.57. The van der Waals surface area contributed by atoms with Gasteiger partial charge >= 0.3 is 0 Å². The van der Waals surface area contributed by atoms with Crippen molar-refractivity contribution in [2.24, 2.45) is 5.73 Å². The third kappa shape index (κ3) is 4.89. The van der Waals surface area contributed by atoms with Gasteiger partial charge < -0.3 is 20.4 Å². The number of para-hydroxylation sites is 1. The lowest BCUT2D eigenvalue weighted by atomic mass is 10.0. The van der Waals surface area contributed by atoms with Crippen LogP contribution in [0.25, 0.3) is 11.0 Å². The van der Waals surface area contributed by atoms with Gasteiger partial charge in [-0.25, -0.2) is 0 Å². The van der Waals surface area contributed by atoms with Crippen LogP contribution in [0.1, 0.15) is 55.1 Å². The van der Waals surface area contributed by atoms with E-state index in [0.717, 1.165) is 61.9 Å². The van der Waals surface area contributed by atoms with E-state index in [-0.39, 0.29) is 17.9 Å². The van der Waals surface area contributed by atoms with Crippen LogP contribution in [-0.2, 0) is 11.2 Å². The SMILES string of the molecule is CCCCc1oc2ccccc2c1C(=O)NC1CCN(CCC(N)=O)CC1. The fourth-order valence-electron chi connectivity index (χ4n) is 3.69. The molecule has 2 aromatic rings. The van der Waals surface area contributed by atoms with Crippen molar-refractivity contribution in [3.8, 4) is 0 Å². The molecule has 0 saturated carbocycles. The number of nitrogens with two attached hydrogens (primary N) is 1. The molecule has 1 aromatic heterocycles. The highest BCUT2D eigenvalue weighted by molar-refractivity contribution is 6.07. The van der Waals surface area contributed by atoms with E-state index in [9.17, 15) is 9.59 Å². The molecule has 0 aliphatic carbocycles. The summed E-state index contributed by atoms with van der Waals surface area (Å²) in [5, 5.41) is 4.09. The molecule has 1 aliphatic heterocycles. The molecular weight excluding hydrogens is 342 g/mol. The molecule has 2 amide bonds. The number of aryl methyl sites for hydroxylation is 1. The molecule has 1 saturated heterocycles. The molecule has 146 valence electrons. The molecule has 1 aromatic carbocycles. The van der Waals surface area contributed by atoms with Crippen LogP contribution in [-0.4, -0.2) is 42.4 Å². The Labute approximate surface area is 160 Å². The molecule has 3 rings (SSSR count). The van der Waals surface area contributed by atoms with Gasteiger partial charge in [0.25, 0.3) is 5.91 Å². The van der Waals surface area contributed by atoms with Crippen LogP contribution in [0.15, 0.2) is 28.7 Å². The number of furan rings is 1. The van der Waals surface area contributed by atoms with Gasteiger partial charge in [0.2, 0.25) is 5.91 Å². The molecule has 0 atom stereocenters. The number of amides is 2. The minimum atomic E-state index is -0.267.